The number of aromatic amines is 1. The van der Waals surface area contributed by atoms with Crippen molar-refractivity contribution in [2.75, 3.05) is 28.4 Å². The van der Waals surface area contributed by atoms with Crippen molar-refractivity contribution in [1.29, 1.82) is 0 Å². The van der Waals surface area contributed by atoms with Crippen molar-refractivity contribution in [1.82, 2.24) is 15.9 Å². The van der Waals surface area contributed by atoms with Gasteiger partial charge in [0, 0.05) is 5.56 Å². The fourth-order valence-corrected chi connectivity index (χ4v) is 6.15. The van der Waals surface area contributed by atoms with Crippen LogP contribution in [0.25, 0.3) is 5.70 Å². The van der Waals surface area contributed by atoms with Gasteiger partial charge in [0.2, 0.25) is 10.0 Å². The molecule has 1 aliphatic heterocycles. The highest BCUT2D eigenvalue weighted by Crippen LogP contribution is 2.51. The van der Waals surface area contributed by atoms with E-state index in [4.69, 9.17) is 4.74 Å². The van der Waals surface area contributed by atoms with Crippen LogP contribution in [-0.2, 0) is 22.5 Å². The number of sulfonamides is 1. The van der Waals surface area contributed by atoms with Crippen molar-refractivity contribution in [2.24, 2.45) is 7.05 Å². The molecule has 1 saturated carbocycles. The average Bonchev–Trinajstić information content (AvgIpc) is 3.40. The van der Waals surface area contributed by atoms with Crippen LogP contribution in [0.3, 0.4) is 0 Å². The number of rotatable bonds is 10. The average molecular weight is 645 g/mol. The molecule has 1 aromatic heterocycles. The first kappa shape index (κ1) is 31.1. The van der Waals surface area contributed by atoms with E-state index < -0.39 is 16.1 Å². The second-order valence-electron chi connectivity index (χ2n) is 12.1. The monoisotopic (exact) mass is 644 g/mol. The molecule has 240 valence electrons. The number of amides is 1. The van der Waals surface area contributed by atoms with E-state index in [1.807, 2.05) is 73.4 Å². The molecule has 13 heteroatoms. The first-order valence-electron chi connectivity index (χ1n) is 14.8. The number of benzene rings is 3. The highest BCUT2D eigenvalue weighted by molar-refractivity contribution is 7.92. The van der Waals surface area contributed by atoms with Crippen LogP contribution in [0.5, 0.6) is 5.75 Å². The van der Waals surface area contributed by atoms with E-state index in [0.29, 0.717) is 17.1 Å². The van der Waals surface area contributed by atoms with E-state index in [9.17, 15) is 18.3 Å². The Balaban J connectivity index is 1.26. The summed E-state index contributed by atoms with van der Waals surface area (Å²) in [6.45, 7) is 4.05. The van der Waals surface area contributed by atoms with Crippen molar-refractivity contribution in [2.45, 2.75) is 38.2 Å². The number of aliphatic hydroxyl groups excluding tert-OH is 1. The molecule has 2 aliphatic rings. The number of hydrogen-bond donors (Lipinski definition) is 6. The Morgan fingerprint density at radius 3 is 2.50 bits per heavy atom. The van der Waals surface area contributed by atoms with Crippen LogP contribution in [0.15, 0.2) is 73.1 Å². The second kappa shape index (κ2) is 11.8. The number of carbonyl (C=O) groups excluding carboxylic acids is 1. The molecular formula is C33H38N7O5S+. The molecule has 0 radical (unpaired) electrons. The predicted molar refractivity (Wildman–Crippen MR) is 176 cm³/mol. The zero-order valence-electron chi connectivity index (χ0n) is 26.3. The van der Waals surface area contributed by atoms with Gasteiger partial charge >= 0.3 is 0 Å². The largest absolute Gasteiger partial charge is 0.492 e. The Morgan fingerprint density at radius 1 is 1.11 bits per heavy atom. The lowest BCUT2D eigenvalue weighted by Gasteiger charge is -2.20. The number of nitrogens with one attached hydrogen (secondary N) is 5. The van der Waals surface area contributed by atoms with Crippen molar-refractivity contribution in [3.63, 3.8) is 0 Å². The summed E-state index contributed by atoms with van der Waals surface area (Å²) in [4.78, 5) is 16.8. The maximum atomic E-state index is 13.6. The third-order valence-corrected chi connectivity index (χ3v) is 9.15. The number of aryl methyl sites for hydroxylation is 1. The summed E-state index contributed by atoms with van der Waals surface area (Å²) >= 11 is 0. The van der Waals surface area contributed by atoms with Gasteiger partial charge in [0.1, 0.15) is 11.9 Å². The minimum absolute atomic E-state index is 0.0916. The number of aliphatic hydroxyl groups is 1. The van der Waals surface area contributed by atoms with Crippen molar-refractivity contribution in [3.8, 4) is 5.75 Å². The zero-order valence-corrected chi connectivity index (χ0v) is 27.1. The molecule has 0 saturated heterocycles. The van der Waals surface area contributed by atoms with Gasteiger partial charge < -0.3 is 15.2 Å². The van der Waals surface area contributed by atoms with Crippen LogP contribution in [0.1, 0.15) is 64.4 Å². The first-order valence-corrected chi connectivity index (χ1v) is 16.7. The number of hydrogen-bond acceptors (Lipinski definition) is 8. The van der Waals surface area contributed by atoms with Crippen molar-refractivity contribution in [3.05, 3.63) is 107 Å². The van der Waals surface area contributed by atoms with Crippen molar-refractivity contribution >= 4 is 38.7 Å². The molecule has 1 unspecified atom stereocenters. The summed E-state index contributed by atoms with van der Waals surface area (Å²) in [7, 11) is -0.284. The second-order valence-corrected chi connectivity index (χ2v) is 13.8. The fraction of sp³-hybridized carbons (Fsp3) is 0.273. The number of imidazole rings is 1. The Morgan fingerprint density at radius 2 is 1.83 bits per heavy atom. The maximum Gasteiger partial charge on any atom is 0.288 e. The quantitative estimate of drug-likeness (QED) is 0.143. The molecule has 0 bridgehead atoms. The smallest absolute Gasteiger partial charge is 0.288 e. The fourth-order valence-electron chi connectivity index (χ4n) is 5.60. The summed E-state index contributed by atoms with van der Waals surface area (Å²) in [5.41, 5.74) is 12.2. The molecule has 1 fully saturated rings. The highest BCUT2D eigenvalue weighted by atomic mass is 32.2. The SMILES string of the molecule is COc1c(NC(=O)c2ccc(C)c(N3C=C(c4c[nH]c(C(O)c5ccccc5)[n+]4C)NN3)c2)cc(C2(C)CC2)cc1NS(C)(=O)=O. The third kappa shape index (κ3) is 6.16. The van der Waals surface area contributed by atoms with Crippen LogP contribution in [0.2, 0.25) is 0 Å². The number of anilines is 3. The summed E-state index contributed by atoms with van der Waals surface area (Å²) in [6, 6.07) is 18.4. The minimum Gasteiger partial charge on any atom is -0.492 e. The van der Waals surface area contributed by atoms with Crippen LogP contribution >= 0.6 is 0 Å². The van der Waals surface area contributed by atoms with E-state index >= 15 is 0 Å². The molecule has 2 heterocycles. The molecule has 1 atom stereocenters. The standard InChI is InChI=1S/C33H37N7O5S/c1-20-11-12-22(32(42)35-24-16-23(33(2)13-14-33)17-25(30(24)45-4)37-46(5,43)44)15-27(20)40-19-26(36-38-40)28-18-34-31(39(28)3)29(41)21-9-7-6-8-10-21/h6-12,15-19,29,36-38,41H,13-14H2,1-5H3,(H,35,42)/p+1. The molecule has 46 heavy (non-hydrogen) atoms. The van der Waals surface area contributed by atoms with Gasteiger partial charge in [-0.05, 0) is 66.1 Å². The topological polar surface area (TPSA) is 152 Å². The molecule has 6 rings (SSSR count). The number of ether oxygens (including phenoxy) is 1. The van der Waals surface area contributed by atoms with E-state index in [0.717, 1.165) is 52.9 Å². The van der Waals surface area contributed by atoms with Crippen LogP contribution in [-0.4, -0.2) is 37.8 Å². The number of H-pyrrole nitrogens is 1. The Kier molecular flexibility index (Phi) is 8.00. The van der Waals surface area contributed by atoms with Gasteiger partial charge in [-0.1, -0.05) is 43.3 Å². The lowest BCUT2D eigenvalue weighted by Crippen LogP contribution is -2.40. The van der Waals surface area contributed by atoms with Crippen LogP contribution in [0.4, 0.5) is 17.1 Å². The number of nitrogens with zero attached hydrogens (tertiary/aromatic N) is 2. The van der Waals surface area contributed by atoms with Gasteiger partial charge in [0.15, 0.2) is 17.5 Å². The summed E-state index contributed by atoms with van der Waals surface area (Å²) in [5.74, 6) is 0.478. The summed E-state index contributed by atoms with van der Waals surface area (Å²) < 4.78 is 34.3. The molecule has 1 amide bonds. The molecule has 0 spiro atoms. The highest BCUT2D eigenvalue weighted by Gasteiger charge is 2.40. The Hall–Kier alpha value is -4.85. The number of aromatic nitrogens is 2. The normalized spacial score (nSPS) is 16.0. The third-order valence-electron chi connectivity index (χ3n) is 8.56. The molecule has 6 N–H and O–H groups in total. The van der Waals surface area contributed by atoms with Gasteiger partial charge in [-0.2, -0.15) is 0 Å². The van der Waals surface area contributed by atoms with Crippen LogP contribution in [0, 0.1) is 6.92 Å². The molecule has 4 aromatic rings. The minimum atomic E-state index is -3.59. The first-order chi connectivity index (χ1) is 21.9. The van der Waals surface area contributed by atoms with Gasteiger partial charge in [0.25, 0.3) is 11.7 Å². The molecule has 3 aromatic carbocycles. The van der Waals surface area contributed by atoms with E-state index in [2.05, 4.69) is 32.9 Å². The van der Waals surface area contributed by atoms with E-state index in [1.54, 1.807) is 23.2 Å². The number of methoxy groups -OCH3 is 1. The lowest BCUT2D eigenvalue weighted by molar-refractivity contribution is -0.683. The van der Waals surface area contributed by atoms with E-state index in [1.165, 1.54) is 7.11 Å². The van der Waals surface area contributed by atoms with Gasteiger partial charge in [-0.15, -0.1) is 5.53 Å². The lowest BCUT2D eigenvalue weighted by atomic mass is 9.96. The molecule has 1 aliphatic carbocycles. The maximum absolute atomic E-state index is 13.6. The van der Waals surface area contributed by atoms with Gasteiger partial charge in [0.05, 0.1) is 43.7 Å². The Bertz CT molecular complexity index is 1950. The summed E-state index contributed by atoms with van der Waals surface area (Å²) in [6.07, 6.45) is 5.88. The van der Waals surface area contributed by atoms with Crippen molar-refractivity contribution < 1.29 is 27.6 Å². The number of hydrazine groups is 2. The van der Waals surface area contributed by atoms with Crippen LogP contribution < -0.4 is 35.3 Å². The Labute approximate surface area is 268 Å². The molecular weight excluding hydrogens is 606 g/mol. The predicted octanol–water partition coefficient (Wildman–Crippen LogP) is 3.74. The van der Waals surface area contributed by atoms with E-state index in [-0.39, 0.29) is 22.8 Å². The van der Waals surface area contributed by atoms with Gasteiger partial charge in [-0.25, -0.2) is 18.0 Å². The molecule has 12 nitrogen and oxygen atoms in total. The zero-order chi connectivity index (χ0) is 32.8. The van der Waals surface area contributed by atoms with Gasteiger partial charge in [-0.3, -0.25) is 20.0 Å². The number of carbonyl (C=O) groups is 1. The summed E-state index contributed by atoms with van der Waals surface area (Å²) in [5, 5.41) is 15.7.